The Hall–Kier alpha value is -1.87. The van der Waals surface area contributed by atoms with Gasteiger partial charge in [0.1, 0.15) is 18.1 Å². The van der Waals surface area contributed by atoms with Gasteiger partial charge in [-0.15, -0.1) is 0 Å². The van der Waals surface area contributed by atoms with Crippen LogP contribution in [0.5, 0.6) is 5.75 Å². The molecule has 0 spiro atoms. The summed E-state index contributed by atoms with van der Waals surface area (Å²) in [5.74, 6) is 0.269. The number of urea groups is 1. The van der Waals surface area contributed by atoms with Crippen LogP contribution in [0, 0.1) is 3.57 Å². The lowest BCUT2D eigenvalue weighted by atomic mass is 10.2. The molecular formula is C17H12BrIN2O3. The van der Waals surface area contributed by atoms with E-state index in [1.165, 1.54) is 3.57 Å². The van der Waals surface area contributed by atoms with Crippen molar-refractivity contribution in [3.05, 3.63) is 67.3 Å². The van der Waals surface area contributed by atoms with Crippen molar-refractivity contribution in [2.75, 3.05) is 0 Å². The lowest BCUT2D eigenvalue weighted by Crippen LogP contribution is -2.22. The van der Waals surface area contributed by atoms with Crippen molar-refractivity contribution < 1.29 is 14.3 Å². The molecule has 0 aliphatic carbocycles. The molecule has 24 heavy (non-hydrogen) atoms. The Labute approximate surface area is 160 Å². The maximum absolute atomic E-state index is 11.5. The van der Waals surface area contributed by atoms with Gasteiger partial charge in [-0.2, -0.15) is 0 Å². The number of benzene rings is 2. The highest BCUT2D eigenvalue weighted by atomic mass is 127. The van der Waals surface area contributed by atoms with Gasteiger partial charge in [0.25, 0.3) is 5.91 Å². The summed E-state index contributed by atoms with van der Waals surface area (Å²) >= 11 is 5.72. The molecule has 0 unspecified atom stereocenters. The fraction of sp³-hybridized carbons (Fsp3) is 0.0588. The standard InChI is InChI=1S/C17H12BrIN2O3/c18-13-7-11(8-14-16(22)21-17(23)20-14)3-6-15(13)24-9-10-1-4-12(19)5-2-10/h1-8H,9H2,(H2,20,21,22,23)/b14-8+. The quantitative estimate of drug-likeness (QED) is 0.382. The normalized spacial score (nSPS) is 15.3. The zero-order chi connectivity index (χ0) is 17.1. The zero-order valence-electron chi connectivity index (χ0n) is 12.3. The van der Waals surface area contributed by atoms with Crippen LogP contribution in [-0.2, 0) is 11.4 Å². The van der Waals surface area contributed by atoms with Crippen LogP contribution >= 0.6 is 38.5 Å². The van der Waals surface area contributed by atoms with E-state index in [0.717, 1.165) is 15.6 Å². The van der Waals surface area contributed by atoms with Crippen LogP contribution in [0.25, 0.3) is 6.08 Å². The SMILES string of the molecule is O=C1NC(=O)/C(=C\c2ccc(OCc3ccc(I)cc3)c(Br)c2)N1. The maximum atomic E-state index is 11.5. The van der Waals surface area contributed by atoms with Crippen LogP contribution in [0.1, 0.15) is 11.1 Å². The largest absolute Gasteiger partial charge is 0.488 e. The van der Waals surface area contributed by atoms with E-state index in [4.69, 9.17) is 4.74 Å². The number of carbonyl (C=O) groups is 2. The Morgan fingerprint density at radius 1 is 1.08 bits per heavy atom. The van der Waals surface area contributed by atoms with Crippen molar-refractivity contribution >= 4 is 56.5 Å². The molecule has 0 radical (unpaired) electrons. The number of nitrogens with one attached hydrogen (secondary N) is 2. The van der Waals surface area contributed by atoms with E-state index >= 15 is 0 Å². The van der Waals surface area contributed by atoms with Crippen LogP contribution in [0.15, 0.2) is 52.6 Å². The van der Waals surface area contributed by atoms with E-state index in [1.54, 1.807) is 6.08 Å². The molecule has 2 aromatic carbocycles. The number of hydrogen-bond donors (Lipinski definition) is 2. The lowest BCUT2D eigenvalue weighted by molar-refractivity contribution is -0.115. The van der Waals surface area contributed by atoms with Gasteiger partial charge in [-0.25, -0.2) is 4.79 Å². The number of ether oxygens (including phenoxy) is 1. The van der Waals surface area contributed by atoms with E-state index in [1.807, 2.05) is 42.5 Å². The van der Waals surface area contributed by atoms with Crippen molar-refractivity contribution in [1.29, 1.82) is 0 Å². The highest BCUT2D eigenvalue weighted by molar-refractivity contribution is 14.1. The molecule has 1 heterocycles. The van der Waals surface area contributed by atoms with Crippen LogP contribution in [0.3, 0.4) is 0 Å². The van der Waals surface area contributed by atoms with Gasteiger partial charge >= 0.3 is 6.03 Å². The third-order valence-corrected chi connectivity index (χ3v) is 4.63. The molecule has 122 valence electrons. The second-order valence-electron chi connectivity index (χ2n) is 5.07. The summed E-state index contributed by atoms with van der Waals surface area (Å²) in [4.78, 5) is 22.6. The van der Waals surface area contributed by atoms with Crippen LogP contribution < -0.4 is 15.4 Å². The van der Waals surface area contributed by atoms with Crippen LogP contribution in [0.2, 0.25) is 0 Å². The van der Waals surface area contributed by atoms with Crippen LogP contribution in [-0.4, -0.2) is 11.9 Å². The molecule has 7 heteroatoms. The summed E-state index contributed by atoms with van der Waals surface area (Å²) < 4.78 is 7.76. The molecule has 5 nitrogen and oxygen atoms in total. The summed E-state index contributed by atoms with van der Waals surface area (Å²) in [5, 5.41) is 4.61. The van der Waals surface area contributed by atoms with Crippen molar-refractivity contribution in [3.8, 4) is 5.75 Å². The summed E-state index contributed by atoms with van der Waals surface area (Å²) in [6.07, 6.45) is 1.61. The first-order valence-electron chi connectivity index (χ1n) is 7.02. The highest BCUT2D eigenvalue weighted by Crippen LogP contribution is 2.28. The number of imide groups is 1. The van der Waals surface area contributed by atoms with Crippen molar-refractivity contribution in [2.24, 2.45) is 0 Å². The molecule has 0 aromatic heterocycles. The van der Waals surface area contributed by atoms with E-state index in [9.17, 15) is 9.59 Å². The third kappa shape index (κ3) is 4.15. The number of amides is 3. The van der Waals surface area contributed by atoms with Crippen LogP contribution in [0.4, 0.5) is 4.79 Å². The first kappa shape index (κ1) is 17.0. The smallest absolute Gasteiger partial charge is 0.326 e. The minimum absolute atomic E-state index is 0.222. The Kier molecular flexibility index (Phi) is 5.20. The predicted octanol–water partition coefficient (Wildman–Crippen LogP) is 3.81. The topological polar surface area (TPSA) is 67.4 Å². The molecule has 1 saturated heterocycles. The molecule has 3 rings (SSSR count). The average Bonchev–Trinajstić information content (AvgIpc) is 2.86. The maximum Gasteiger partial charge on any atom is 0.326 e. The predicted molar refractivity (Wildman–Crippen MR) is 102 cm³/mol. The molecule has 0 atom stereocenters. The second-order valence-corrected chi connectivity index (χ2v) is 7.17. The van der Waals surface area contributed by atoms with Crippen molar-refractivity contribution in [2.45, 2.75) is 6.61 Å². The molecule has 0 bridgehead atoms. The van der Waals surface area contributed by atoms with Crippen molar-refractivity contribution in [3.63, 3.8) is 0 Å². The van der Waals surface area contributed by atoms with Gasteiger partial charge in [0.05, 0.1) is 4.47 Å². The second kappa shape index (κ2) is 7.35. The monoisotopic (exact) mass is 498 g/mol. The molecule has 0 saturated carbocycles. The molecule has 3 amide bonds. The fourth-order valence-electron chi connectivity index (χ4n) is 2.11. The Morgan fingerprint density at radius 3 is 2.46 bits per heavy atom. The van der Waals surface area contributed by atoms with E-state index in [0.29, 0.717) is 12.4 Å². The number of hydrogen-bond acceptors (Lipinski definition) is 3. The highest BCUT2D eigenvalue weighted by Gasteiger charge is 2.22. The Morgan fingerprint density at radius 2 is 1.83 bits per heavy atom. The zero-order valence-corrected chi connectivity index (χ0v) is 16.1. The average molecular weight is 499 g/mol. The first-order chi connectivity index (χ1) is 11.5. The van der Waals surface area contributed by atoms with E-state index < -0.39 is 11.9 Å². The molecule has 1 fully saturated rings. The minimum Gasteiger partial charge on any atom is -0.488 e. The Balaban J connectivity index is 1.70. The van der Waals surface area contributed by atoms with E-state index in [2.05, 4.69) is 49.2 Å². The number of halogens is 2. The summed E-state index contributed by atoms with van der Waals surface area (Å²) in [6.45, 7) is 0.467. The van der Waals surface area contributed by atoms with Gasteiger partial charge in [0.2, 0.25) is 0 Å². The number of rotatable bonds is 4. The molecule has 1 aliphatic rings. The van der Waals surface area contributed by atoms with Crippen molar-refractivity contribution in [1.82, 2.24) is 10.6 Å². The van der Waals surface area contributed by atoms with Gasteiger partial charge in [0.15, 0.2) is 0 Å². The van der Waals surface area contributed by atoms with Gasteiger partial charge in [-0.05, 0) is 80.0 Å². The van der Waals surface area contributed by atoms with Gasteiger partial charge in [-0.1, -0.05) is 18.2 Å². The van der Waals surface area contributed by atoms with Gasteiger partial charge in [0, 0.05) is 3.57 Å². The fourth-order valence-corrected chi connectivity index (χ4v) is 2.99. The summed E-state index contributed by atoms with van der Waals surface area (Å²) in [5.41, 5.74) is 2.08. The Bertz CT molecular complexity index is 834. The molecule has 2 aromatic rings. The van der Waals surface area contributed by atoms with E-state index in [-0.39, 0.29) is 5.70 Å². The lowest BCUT2D eigenvalue weighted by Gasteiger charge is -2.09. The number of carbonyl (C=O) groups excluding carboxylic acids is 2. The molecule has 2 N–H and O–H groups in total. The first-order valence-corrected chi connectivity index (χ1v) is 8.89. The molecule has 1 aliphatic heterocycles. The third-order valence-electron chi connectivity index (χ3n) is 3.29. The van der Waals surface area contributed by atoms with Gasteiger partial charge < -0.3 is 10.1 Å². The summed E-state index contributed by atoms with van der Waals surface area (Å²) in [6, 6.07) is 13.1. The molecular weight excluding hydrogens is 487 g/mol. The minimum atomic E-state index is -0.511. The summed E-state index contributed by atoms with van der Waals surface area (Å²) in [7, 11) is 0. The van der Waals surface area contributed by atoms with Gasteiger partial charge in [-0.3, -0.25) is 10.1 Å².